The highest BCUT2D eigenvalue weighted by atomic mass is 16.5. The van der Waals surface area contributed by atoms with Crippen LogP contribution in [0.25, 0.3) is 0 Å². The van der Waals surface area contributed by atoms with Gasteiger partial charge >= 0.3 is 0 Å². The van der Waals surface area contributed by atoms with Crippen LogP contribution in [0.3, 0.4) is 0 Å². The highest BCUT2D eigenvalue weighted by Crippen LogP contribution is 1.77. The lowest BCUT2D eigenvalue weighted by Crippen LogP contribution is -2.38. The summed E-state index contributed by atoms with van der Waals surface area (Å²) >= 11 is 0. The second kappa shape index (κ2) is 10.4. The Bertz CT molecular complexity index is 187. The first-order valence-electron chi connectivity index (χ1n) is 5.43. The van der Waals surface area contributed by atoms with Crippen LogP contribution in [0.5, 0.6) is 0 Å². The van der Waals surface area contributed by atoms with Crippen LogP contribution in [0.4, 0.5) is 0 Å². The number of rotatable bonds is 9. The fourth-order valence-corrected chi connectivity index (χ4v) is 1.00. The van der Waals surface area contributed by atoms with Gasteiger partial charge in [-0.15, -0.1) is 0 Å². The highest BCUT2D eigenvalue weighted by Gasteiger charge is 2.04. The minimum atomic E-state index is -0.200. The first-order valence-corrected chi connectivity index (χ1v) is 5.43. The SMILES string of the molecule is CCNCCC(=O)NCC(=O)NCCOC. The molecule has 0 spiro atoms. The van der Waals surface area contributed by atoms with Crippen LogP contribution < -0.4 is 16.0 Å². The number of carbonyl (C=O) groups is 2. The van der Waals surface area contributed by atoms with E-state index in [2.05, 4.69) is 16.0 Å². The monoisotopic (exact) mass is 231 g/mol. The first-order chi connectivity index (χ1) is 7.70. The lowest BCUT2D eigenvalue weighted by Gasteiger charge is -2.06. The third-order valence-corrected chi connectivity index (χ3v) is 1.85. The zero-order chi connectivity index (χ0) is 12.2. The van der Waals surface area contributed by atoms with Crippen molar-refractivity contribution in [1.29, 1.82) is 0 Å². The lowest BCUT2D eigenvalue weighted by atomic mass is 10.4. The molecule has 0 bridgehead atoms. The number of carbonyl (C=O) groups excluding carboxylic acids is 2. The molecule has 6 heteroatoms. The molecule has 94 valence electrons. The molecule has 0 aliphatic heterocycles. The van der Waals surface area contributed by atoms with E-state index in [1.54, 1.807) is 7.11 Å². The van der Waals surface area contributed by atoms with Crippen molar-refractivity contribution in [2.75, 3.05) is 39.9 Å². The molecular formula is C10H21N3O3. The molecule has 0 radical (unpaired) electrons. The highest BCUT2D eigenvalue weighted by molar-refractivity contribution is 5.84. The Balaban J connectivity index is 3.40. The molecule has 0 fully saturated rings. The second-order valence-electron chi connectivity index (χ2n) is 3.22. The molecule has 0 aliphatic carbocycles. The van der Waals surface area contributed by atoms with Gasteiger partial charge in [-0.2, -0.15) is 0 Å². The Morgan fingerprint density at radius 1 is 1.12 bits per heavy atom. The van der Waals surface area contributed by atoms with E-state index in [4.69, 9.17) is 4.74 Å². The van der Waals surface area contributed by atoms with Gasteiger partial charge in [0, 0.05) is 26.6 Å². The summed E-state index contributed by atoms with van der Waals surface area (Å²) in [5.41, 5.74) is 0. The number of ether oxygens (including phenoxy) is 1. The van der Waals surface area contributed by atoms with E-state index in [1.807, 2.05) is 6.92 Å². The lowest BCUT2D eigenvalue weighted by molar-refractivity contribution is -0.126. The van der Waals surface area contributed by atoms with E-state index >= 15 is 0 Å². The summed E-state index contributed by atoms with van der Waals surface area (Å²) in [5.74, 6) is -0.323. The predicted molar refractivity (Wildman–Crippen MR) is 61.1 cm³/mol. The summed E-state index contributed by atoms with van der Waals surface area (Å²) in [6.07, 6.45) is 0.388. The standard InChI is InChI=1S/C10H21N3O3/c1-3-11-5-4-9(14)13-8-10(15)12-6-7-16-2/h11H,3-8H2,1-2H3,(H,12,15)(H,13,14). The average Bonchev–Trinajstić information content (AvgIpc) is 2.27. The van der Waals surface area contributed by atoms with E-state index in [0.29, 0.717) is 26.1 Å². The Hall–Kier alpha value is -1.14. The summed E-state index contributed by atoms with van der Waals surface area (Å²) in [6.45, 7) is 4.40. The van der Waals surface area contributed by atoms with Crippen molar-refractivity contribution in [3.05, 3.63) is 0 Å². The van der Waals surface area contributed by atoms with E-state index in [9.17, 15) is 9.59 Å². The van der Waals surface area contributed by atoms with Crippen LogP contribution in [0.2, 0.25) is 0 Å². The fraction of sp³-hybridized carbons (Fsp3) is 0.800. The topological polar surface area (TPSA) is 79.5 Å². The maximum Gasteiger partial charge on any atom is 0.239 e. The van der Waals surface area contributed by atoms with E-state index in [1.165, 1.54) is 0 Å². The van der Waals surface area contributed by atoms with Crippen molar-refractivity contribution in [2.24, 2.45) is 0 Å². The molecule has 0 atom stereocenters. The first kappa shape index (κ1) is 14.9. The Kier molecular flexibility index (Phi) is 9.64. The molecule has 16 heavy (non-hydrogen) atoms. The van der Waals surface area contributed by atoms with E-state index < -0.39 is 0 Å². The van der Waals surface area contributed by atoms with Crippen molar-refractivity contribution >= 4 is 11.8 Å². The minimum absolute atomic E-state index is 0.0225. The maximum absolute atomic E-state index is 11.2. The van der Waals surface area contributed by atoms with Gasteiger partial charge in [0.2, 0.25) is 11.8 Å². The molecule has 2 amide bonds. The van der Waals surface area contributed by atoms with Gasteiger partial charge < -0.3 is 20.7 Å². The van der Waals surface area contributed by atoms with Crippen LogP contribution >= 0.6 is 0 Å². The summed E-state index contributed by atoms with van der Waals surface area (Å²) in [5, 5.41) is 8.18. The van der Waals surface area contributed by atoms with Crippen LogP contribution in [0.1, 0.15) is 13.3 Å². The van der Waals surface area contributed by atoms with Gasteiger partial charge in [0.25, 0.3) is 0 Å². The third-order valence-electron chi connectivity index (χ3n) is 1.85. The Labute approximate surface area is 96.1 Å². The number of hydrogen-bond donors (Lipinski definition) is 3. The smallest absolute Gasteiger partial charge is 0.239 e. The summed E-state index contributed by atoms with van der Waals surface area (Å²) in [4.78, 5) is 22.4. The summed E-state index contributed by atoms with van der Waals surface area (Å²) in [7, 11) is 1.56. The van der Waals surface area contributed by atoms with Crippen LogP contribution in [0.15, 0.2) is 0 Å². The molecule has 0 saturated heterocycles. The molecule has 0 aromatic carbocycles. The Morgan fingerprint density at radius 2 is 1.88 bits per heavy atom. The quantitative estimate of drug-likeness (QED) is 0.438. The van der Waals surface area contributed by atoms with Gasteiger partial charge in [-0.05, 0) is 6.54 Å². The van der Waals surface area contributed by atoms with Crippen molar-refractivity contribution in [2.45, 2.75) is 13.3 Å². The largest absolute Gasteiger partial charge is 0.383 e. The van der Waals surface area contributed by atoms with Crippen LogP contribution in [-0.4, -0.2) is 51.7 Å². The molecule has 0 aromatic rings. The van der Waals surface area contributed by atoms with Gasteiger partial charge in [0.15, 0.2) is 0 Å². The van der Waals surface area contributed by atoms with Crippen molar-refractivity contribution in [3.63, 3.8) is 0 Å². The molecule has 0 unspecified atom stereocenters. The molecule has 0 heterocycles. The Morgan fingerprint density at radius 3 is 2.50 bits per heavy atom. The second-order valence-corrected chi connectivity index (χ2v) is 3.22. The van der Waals surface area contributed by atoms with Gasteiger partial charge in [0.1, 0.15) is 0 Å². The molecule has 0 aromatic heterocycles. The van der Waals surface area contributed by atoms with Gasteiger partial charge in [-0.25, -0.2) is 0 Å². The maximum atomic E-state index is 11.2. The van der Waals surface area contributed by atoms with Crippen molar-refractivity contribution in [3.8, 4) is 0 Å². The number of hydrogen-bond acceptors (Lipinski definition) is 4. The minimum Gasteiger partial charge on any atom is -0.383 e. The van der Waals surface area contributed by atoms with Crippen LogP contribution in [-0.2, 0) is 14.3 Å². The number of methoxy groups -OCH3 is 1. The van der Waals surface area contributed by atoms with Crippen molar-refractivity contribution in [1.82, 2.24) is 16.0 Å². The summed E-state index contributed by atoms with van der Waals surface area (Å²) < 4.78 is 4.77. The van der Waals surface area contributed by atoms with Crippen molar-refractivity contribution < 1.29 is 14.3 Å². The number of amides is 2. The predicted octanol–water partition coefficient (Wildman–Crippen LogP) is -1.14. The van der Waals surface area contributed by atoms with Crippen LogP contribution in [0, 0.1) is 0 Å². The number of nitrogens with one attached hydrogen (secondary N) is 3. The van der Waals surface area contributed by atoms with E-state index in [-0.39, 0.29) is 18.4 Å². The molecule has 0 rings (SSSR count). The zero-order valence-corrected chi connectivity index (χ0v) is 9.97. The molecule has 3 N–H and O–H groups in total. The van der Waals surface area contributed by atoms with Gasteiger partial charge in [-0.1, -0.05) is 6.92 Å². The van der Waals surface area contributed by atoms with Gasteiger partial charge in [0.05, 0.1) is 13.2 Å². The molecular weight excluding hydrogens is 210 g/mol. The zero-order valence-electron chi connectivity index (χ0n) is 9.97. The normalized spacial score (nSPS) is 9.88. The summed E-state index contributed by atoms with van der Waals surface area (Å²) in [6, 6.07) is 0. The average molecular weight is 231 g/mol. The molecule has 6 nitrogen and oxygen atoms in total. The van der Waals surface area contributed by atoms with Gasteiger partial charge in [-0.3, -0.25) is 9.59 Å². The third kappa shape index (κ3) is 9.42. The molecule has 0 aliphatic rings. The molecule has 0 saturated carbocycles. The fourth-order valence-electron chi connectivity index (χ4n) is 1.00. The van der Waals surface area contributed by atoms with E-state index in [0.717, 1.165) is 6.54 Å².